The molecule has 0 aliphatic carbocycles. The lowest BCUT2D eigenvalue weighted by molar-refractivity contribution is 0.173. The summed E-state index contributed by atoms with van der Waals surface area (Å²) in [4.78, 5) is 12.0. The van der Waals surface area contributed by atoms with Crippen LogP contribution in [0.4, 0.5) is 5.69 Å². The van der Waals surface area contributed by atoms with Gasteiger partial charge in [-0.25, -0.2) is 4.68 Å². The van der Waals surface area contributed by atoms with Crippen LogP contribution in [0.2, 0.25) is 0 Å². The van der Waals surface area contributed by atoms with Crippen molar-refractivity contribution in [3.05, 3.63) is 16.0 Å². The van der Waals surface area contributed by atoms with Crippen LogP contribution in [0.25, 0.3) is 0 Å². The third-order valence-electron chi connectivity index (χ3n) is 2.53. The first-order chi connectivity index (χ1) is 7.54. The molecule has 0 atom stereocenters. The summed E-state index contributed by atoms with van der Waals surface area (Å²) >= 11 is 0. The number of rotatable bonds is 5. The van der Waals surface area contributed by atoms with Gasteiger partial charge in [-0.1, -0.05) is 6.92 Å². The molecule has 0 amide bonds. The summed E-state index contributed by atoms with van der Waals surface area (Å²) in [6, 6.07) is 0.104. The number of ether oxygens (including phenoxy) is 1. The molecular formula is C11H21N3O2. The molecule has 1 rings (SSSR count). The van der Waals surface area contributed by atoms with E-state index in [1.165, 1.54) is 0 Å². The highest BCUT2D eigenvalue weighted by atomic mass is 16.5. The number of anilines is 1. The van der Waals surface area contributed by atoms with E-state index in [0.29, 0.717) is 12.3 Å². The summed E-state index contributed by atoms with van der Waals surface area (Å²) in [5, 5.41) is 0. The van der Waals surface area contributed by atoms with Crippen molar-refractivity contribution >= 4 is 5.69 Å². The van der Waals surface area contributed by atoms with E-state index in [9.17, 15) is 4.79 Å². The molecule has 0 aromatic carbocycles. The van der Waals surface area contributed by atoms with Crippen LogP contribution < -0.4 is 11.3 Å². The first-order valence-corrected chi connectivity index (χ1v) is 5.63. The zero-order chi connectivity index (χ0) is 12.3. The maximum absolute atomic E-state index is 12.0. The third-order valence-corrected chi connectivity index (χ3v) is 2.53. The van der Waals surface area contributed by atoms with Gasteiger partial charge in [-0.3, -0.25) is 9.48 Å². The molecule has 0 bridgehead atoms. The maximum atomic E-state index is 12.0. The molecule has 0 unspecified atom stereocenters. The molecule has 0 saturated heterocycles. The van der Waals surface area contributed by atoms with E-state index in [0.717, 1.165) is 18.7 Å². The Labute approximate surface area is 95.8 Å². The van der Waals surface area contributed by atoms with E-state index in [1.807, 2.05) is 18.5 Å². The second-order valence-corrected chi connectivity index (χ2v) is 4.16. The molecule has 1 aromatic rings. The number of aromatic nitrogens is 2. The van der Waals surface area contributed by atoms with Gasteiger partial charge in [0.2, 0.25) is 0 Å². The van der Waals surface area contributed by atoms with Gasteiger partial charge in [-0.15, -0.1) is 0 Å². The van der Waals surface area contributed by atoms with Crippen molar-refractivity contribution in [3.8, 4) is 0 Å². The van der Waals surface area contributed by atoms with Gasteiger partial charge in [0, 0.05) is 19.7 Å². The van der Waals surface area contributed by atoms with Crippen LogP contribution in [0.1, 0.15) is 38.9 Å². The van der Waals surface area contributed by atoms with Gasteiger partial charge in [-0.05, 0) is 20.3 Å². The van der Waals surface area contributed by atoms with Gasteiger partial charge in [0.15, 0.2) is 0 Å². The summed E-state index contributed by atoms with van der Waals surface area (Å²) in [6.07, 6.45) is 0.955. The lowest BCUT2D eigenvalue weighted by Crippen LogP contribution is -2.26. The average Bonchev–Trinajstić information content (AvgIpc) is 2.44. The first kappa shape index (κ1) is 12.8. The fourth-order valence-corrected chi connectivity index (χ4v) is 1.88. The van der Waals surface area contributed by atoms with Crippen molar-refractivity contribution in [1.29, 1.82) is 0 Å². The Morgan fingerprint density at radius 3 is 2.50 bits per heavy atom. The van der Waals surface area contributed by atoms with E-state index >= 15 is 0 Å². The number of hydrogen-bond acceptors (Lipinski definition) is 3. The predicted octanol–water partition coefficient (Wildman–Crippen LogP) is 1.37. The smallest absolute Gasteiger partial charge is 0.290 e. The quantitative estimate of drug-likeness (QED) is 0.826. The van der Waals surface area contributed by atoms with Crippen molar-refractivity contribution in [2.75, 3.05) is 12.8 Å². The van der Waals surface area contributed by atoms with Crippen LogP contribution in [-0.4, -0.2) is 16.5 Å². The highest BCUT2D eigenvalue weighted by molar-refractivity contribution is 5.41. The monoisotopic (exact) mass is 227 g/mol. The average molecular weight is 227 g/mol. The molecule has 1 heterocycles. The Bertz CT molecular complexity index is 404. The lowest BCUT2D eigenvalue weighted by Gasteiger charge is -2.16. The molecule has 16 heavy (non-hydrogen) atoms. The Morgan fingerprint density at radius 2 is 2.06 bits per heavy atom. The molecule has 1 aromatic heterocycles. The zero-order valence-electron chi connectivity index (χ0n) is 10.5. The molecule has 0 radical (unpaired) electrons. The van der Waals surface area contributed by atoms with Crippen molar-refractivity contribution in [1.82, 2.24) is 9.36 Å². The van der Waals surface area contributed by atoms with E-state index < -0.39 is 0 Å². The molecule has 92 valence electrons. The molecule has 5 heteroatoms. The van der Waals surface area contributed by atoms with Gasteiger partial charge in [0.05, 0.1) is 12.3 Å². The number of hydrogen-bond donors (Lipinski definition) is 1. The van der Waals surface area contributed by atoms with E-state index in [-0.39, 0.29) is 11.6 Å². The van der Waals surface area contributed by atoms with Crippen LogP contribution in [0.3, 0.4) is 0 Å². The van der Waals surface area contributed by atoms with Gasteiger partial charge in [0.1, 0.15) is 5.69 Å². The van der Waals surface area contributed by atoms with Crippen molar-refractivity contribution in [3.63, 3.8) is 0 Å². The summed E-state index contributed by atoms with van der Waals surface area (Å²) in [5.74, 6) is 0. The number of methoxy groups -OCH3 is 1. The summed E-state index contributed by atoms with van der Waals surface area (Å²) in [7, 11) is 1.60. The standard InChI is InChI=1S/C11H21N3O2/c1-5-6-13-9(7-16-4)10(12)11(15)14(13)8(2)3/h8H,5-7,12H2,1-4H3. The van der Waals surface area contributed by atoms with Gasteiger partial charge in [-0.2, -0.15) is 0 Å². The van der Waals surface area contributed by atoms with Crippen LogP contribution >= 0.6 is 0 Å². The molecule has 0 spiro atoms. The molecular weight excluding hydrogens is 206 g/mol. The maximum Gasteiger partial charge on any atom is 0.290 e. The van der Waals surface area contributed by atoms with Crippen LogP contribution in [0, 0.1) is 0 Å². The van der Waals surface area contributed by atoms with Crippen LogP contribution in [0.5, 0.6) is 0 Å². The van der Waals surface area contributed by atoms with Crippen molar-refractivity contribution in [2.45, 2.75) is 46.4 Å². The van der Waals surface area contributed by atoms with Crippen molar-refractivity contribution in [2.24, 2.45) is 0 Å². The minimum atomic E-state index is -0.115. The predicted molar refractivity (Wildman–Crippen MR) is 64.5 cm³/mol. The third kappa shape index (κ3) is 2.14. The topological polar surface area (TPSA) is 62.2 Å². The molecule has 2 N–H and O–H groups in total. The minimum Gasteiger partial charge on any atom is -0.393 e. The molecule has 0 aliphatic heterocycles. The largest absolute Gasteiger partial charge is 0.393 e. The molecule has 5 nitrogen and oxygen atoms in total. The minimum absolute atomic E-state index is 0.104. The van der Waals surface area contributed by atoms with Crippen LogP contribution in [-0.2, 0) is 17.9 Å². The zero-order valence-corrected chi connectivity index (χ0v) is 10.5. The van der Waals surface area contributed by atoms with E-state index in [2.05, 4.69) is 6.92 Å². The van der Waals surface area contributed by atoms with E-state index in [4.69, 9.17) is 10.5 Å². The highest BCUT2D eigenvalue weighted by Crippen LogP contribution is 2.14. The van der Waals surface area contributed by atoms with Gasteiger partial charge in [0.25, 0.3) is 5.56 Å². The highest BCUT2D eigenvalue weighted by Gasteiger charge is 2.18. The van der Waals surface area contributed by atoms with E-state index in [1.54, 1.807) is 11.8 Å². The second-order valence-electron chi connectivity index (χ2n) is 4.16. The number of nitrogens with zero attached hydrogens (tertiary/aromatic N) is 2. The Balaban J connectivity index is 3.36. The summed E-state index contributed by atoms with van der Waals surface area (Å²) in [6.45, 7) is 7.18. The molecule has 0 fully saturated rings. The Kier molecular flexibility index (Phi) is 4.18. The summed E-state index contributed by atoms with van der Waals surface area (Å²) < 4.78 is 8.73. The van der Waals surface area contributed by atoms with Gasteiger partial charge >= 0.3 is 0 Å². The Morgan fingerprint density at radius 1 is 1.44 bits per heavy atom. The number of nitrogens with two attached hydrogens (primary N) is 1. The fourth-order valence-electron chi connectivity index (χ4n) is 1.88. The normalized spacial score (nSPS) is 11.3. The molecule has 0 saturated carbocycles. The SMILES string of the molecule is CCCn1c(COC)c(N)c(=O)n1C(C)C. The second kappa shape index (κ2) is 5.21. The molecule has 0 aliphatic rings. The lowest BCUT2D eigenvalue weighted by atomic mass is 10.3. The fraction of sp³-hybridized carbons (Fsp3) is 0.727. The Hall–Kier alpha value is -1.23. The number of nitrogen functional groups attached to an aromatic ring is 1. The first-order valence-electron chi connectivity index (χ1n) is 5.63. The van der Waals surface area contributed by atoms with Crippen LogP contribution in [0.15, 0.2) is 4.79 Å². The van der Waals surface area contributed by atoms with Crippen molar-refractivity contribution < 1.29 is 4.74 Å². The summed E-state index contributed by atoms with van der Waals surface area (Å²) in [5.41, 5.74) is 6.80. The van der Waals surface area contributed by atoms with Gasteiger partial charge < -0.3 is 10.5 Å².